The second kappa shape index (κ2) is 5.93. The highest BCUT2D eigenvalue weighted by molar-refractivity contribution is 6.02. The Bertz CT molecular complexity index is 832. The highest BCUT2D eigenvalue weighted by Crippen LogP contribution is 2.34. The number of hydrogen-bond acceptors (Lipinski definition) is 4. The Labute approximate surface area is 133 Å². The summed E-state index contributed by atoms with van der Waals surface area (Å²) < 4.78 is 20.0. The Hall–Kier alpha value is -2.53. The largest absolute Gasteiger partial charge is 0.378 e. The van der Waals surface area contributed by atoms with E-state index in [9.17, 15) is 4.39 Å². The predicted molar refractivity (Wildman–Crippen MR) is 88.0 cm³/mol. The number of fused-ring (bicyclic) bond motifs is 1. The van der Waals surface area contributed by atoms with Crippen molar-refractivity contribution < 1.29 is 9.13 Å². The molecule has 5 heteroatoms. The summed E-state index contributed by atoms with van der Waals surface area (Å²) in [5, 5.41) is 1.42. The number of ether oxygens (including phenoxy) is 1. The monoisotopic (exact) mass is 309 g/mol. The molecule has 116 valence electrons. The van der Waals surface area contributed by atoms with E-state index in [-0.39, 0.29) is 5.82 Å². The van der Waals surface area contributed by atoms with Crippen LogP contribution in [0.3, 0.4) is 0 Å². The lowest BCUT2D eigenvalue weighted by atomic mass is 10.0. The first-order valence-corrected chi connectivity index (χ1v) is 7.65. The number of hydrogen-bond donors (Lipinski definition) is 0. The Morgan fingerprint density at radius 3 is 2.70 bits per heavy atom. The zero-order valence-corrected chi connectivity index (χ0v) is 12.6. The summed E-state index contributed by atoms with van der Waals surface area (Å²) in [5.41, 5.74) is 1.83. The summed E-state index contributed by atoms with van der Waals surface area (Å²) in [5.74, 6) is 0.441. The molecule has 0 spiro atoms. The number of nitrogens with zero attached hydrogens (tertiary/aromatic N) is 3. The van der Waals surface area contributed by atoms with Crippen molar-refractivity contribution >= 4 is 16.6 Å². The SMILES string of the molecule is Fc1cccc2c(-c3cccnc3)cnc(N3CCOCC3)c12. The molecule has 4 nitrogen and oxygen atoms in total. The first kappa shape index (κ1) is 14.1. The molecule has 0 radical (unpaired) electrons. The molecule has 0 aliphatic carbocycles. The van der Waals surface area contributed by atoms with Gasteiger partial charge in [-0.05, 0) is 17.5 Å². The lowest BCUT2D eigenvalue weighted by molar-refractivity contribution is 0.122. The lowest BCUT2D eigenvalue weighted by Gasteiger charge is -2.29. The summed E-state index contributed by atoms with van der Waals surface area (Å²) >= 11 is 0. The number of rotatable bonds is 2. The van der Waals surface area contributed by atoms with Crippen LogP contribution in [0.1, 0.15) is 0 Å². The van der Waals surface area contributed by atoms with Crippen molar-refractivity contribution in [1.82, 2.24) is 9.97 Å². The fourth-order valence-electron chi connectivity index (χ4n) is 3.00. The summed E-state index contributed by atoms with van der Waals surface area (Å²) in [6.07, 6.45) is 5.31. The van der Waals surface area contributed by atoms with Crippen LogP contribution in [-0.2, 0) is 4.74 Å². The van der Waals surface area contributed by atoms with Gasteiger partial charge >= 0.3 is 0 Å². The summed E-state index contributed by atoms with van der Waals surface area (Å²) in [6, 6.07) is 8.99. The molecule has 0 unspecified atom stereocenters. The maximum absolute atomic E-state index is 14.6. The minimum absolute atomic E-state index is 0.248. The van der Waals surface area contributed by atoms with E-state index in [0.29, 0.717) is 24.4 Å². The molecule has 1 aromatic carbocycles. The molecule has 3 aromatic rings. The molecule has 0 bridgehead atoms. The van der Waals surface area contributed by atoms with Crippen LogP contribution in [0.25, 0.3) is 21.9 Å². The van der Waals surface area contributed by atoms with Crippen molar-refractivity contribution in [3.63, 3.8) is 0 Å². The van der Waals surface area contributed by atoms with Crippen molar-refractivity contribution in [2.75, 3.05) is 31.2 Å². The van der Waals surface area contributed by atoms with Gasteiger partial charge in [0.15, 0.2) is 0 Å². The maximum atomic E-state index is 14.6. The third kappa shape index (κ3) is 2.53. The molecule has 1 fully saturated rings. The highest BCUT2D eigenvalue weighted by atomic mass is 19.1. The molecule has 0 N–H and O–H groups in total. The third-order valence-corrected chi connectivity index (χ3v) is 4.13. The van der Waals surface area contributed by atoms with Crippen LogP contribution in [0.5, 0.6) is 0 Å². The van der Waals surface area contributed by atoms with Crippen LogP contribution >= 0.6 is 0 Å². The zero-order valence-electron chi connectivity index (χ0n) is 12.6. The van der Waals surface area contributed by atoms with Crippen molar-refractivity contribution in [2.24, 2.45) is 0 Å². The molecule has 4 rings (SSSR count). The van der Waals surface area contributed by atoms with Crippen LogP contribution in [0, 0.1) is 5.82 Å². The highest BCUT2D eigenvalue weighted by Gasteiger charge is 2.19. The Morgan fingerprint density at radius 1 is 1.04 bits per heavy atom. The van der Waals surface area contributed by atoms with E-state index >= 15 is 0 Å². The van der Waals surface area contributed by atoms with Crippen molar-refractivity contribution in [1.29, 1.82) is 0 Å². The third-order valence-electron chi connectivity index (χ3n) is 4.13. The Balaban J connectivity index is 1.94. The molecule has 2 aromatic heterocycles. The molecule has 0 saturated carbocycles. The molecule has 3 heterocycles. The van der Waals surface area contributed by atoms with Crippen molar-refractivity contribution in [2.45, 2.75) is 0 Å². The van der Waals surface area contributed by atoms with Gasteiger partial charge in [-0.25, -0.2) is 9.37 Å². The number of halogens is 1. The number of aromatic nitrogens is 2. The number of pyridine rings is 2. The van der Waals surface area contributed by atoms with Gasteiger partial charge in [0.05, 0.1) is 18.6 Å². The van der Waals surface area contributed by atoms with Gasteiger partial charge in [0, 0.05) is 42.8 Å². The average Bonchev–Trinajstić information content (AvgIpc) is 2.63. The fourth-order valence-corrected chi connectivity index (χ4v) is 3.00. The maximum Gasteiger partial charge on any atom is 0.139 e. The van der Waals surface area contributed by atoms with Crippen molar-refractivity contribution in [3.8, 4) is 11.1 Å². The second-order valence-corrected chi connectivity index (χ2v) is 5.50. The Kier molecular flexibility index (Phi) is 3.63. The van der Waals surface area contributed by atoms with E-state index in [0.717, 1.165) is 29.6 Å². The molecule has 1 aliphatic heterocycles. The van der Waals surface area contributed by atoms with Crippen molar-refractivity contribution in [3.05, 3.63) is 54.7 Å². The van der Waals surface area contributed by atoms with E-state index in [1.54, 1.807) is 18.5 Å². The van der Waals surface area contributed by atoms with Crippen LogP contribution < -0.4 is 4.90 Å². The number of morpholine rings is 1. The lowest BCUT2D eigenvalue weighted by Crippen LogP contribution is -2.37. The zero-order chi connectivity index (χ0) is 15.6. The van der Waals surface area contributed by atoms with E-state index in [2.05, 4.69) is 14.9 Å². The van der Waals surface area contributed by atoms with Crippen LogP contribution in [-0.4, -0.2) is 36.3 Å². The molecule has 23 heavy (non-hydrogen) atoms. The minimum Gasteiger partial charge on any atom is -0.378 e. The van der Waals surface area contributed by atoms with Gasteiger partial charge in [-0.15, -0.1) is 0 Å². The van der Waals surface area contributed by atoms with Gasteiger partial charge in [0.25, 0.3) is 0 Å². The molecule has 1 saturated heterocycles. The second-order valence-electron chi connectivity index (χ2n) is 5.50. The first-order chi connectivity index (χ1) is 11.3. The van der Waals surface area contributed by atoms with Gasteiger partial charge in [-0.3, -0.25) is 4.98 Å². The smallest absolute Gasteiger partial charge is 0.139 e. The summed E-state index contributed by atoms with van der Waals surface area (Å²) in [4.78, 5) is 10.8. The summed E-state index contributed by atoms with van der Waals surface area (Å²) in [6.45, 7) is 2.73. The van der Waals surface area contributed by atoms with Crippen LogP contribution in [0.4, 0.5) is 10.2 Å². The summed E-state index contributed by atoms with van der Waals surface area (Å²) in [7, 11) is 0. The number of benzene rings is 1. The van der Waals surface area contributed by atoms with E-state index < -0.39 is 0 Å². The topological polar surface area (TPSA) is 38.2 Å². The van der Waals surface area contributed by atoms with Gasteiger partial charge < -0.3 is 9.64 Å². The quantitative estimate of drug-likeness (QED) is 0.728. The Morgan fingerprint density at radius 2 is 1.91 bits per heavy atom. The van der Waals surface area contributed by atoms with Crippen LogP contribution in [0.15, 0.2) is 48.9 Å². The van der Waals surface area contributed by atoms with Gasteiger partial charge in [0.2, 0.25) is 0 Å². The number of anilines is 1. The molecular formula is C18H16FN3O. The van der Waals surface area contributed by atoms with Gasteiger partial charge in [-0.1, -0.05) is 18.2 Å². The molecular weight excluding hydrogens is 293 g/mol. The normalized spacial score (nSPS) is 15.1. The predicted octanol–water partition coefficient (Wildman–Crippen LogP) is 3.27. The van der Waals surface area contributed by atoms with E-state index in [1.807, 2.05) is 24.4 Å². The van der Waals surface area contributed by atoms with E-state index in [4.69, 9.17) is 4.74 Å². The fraction of sp³-hybridized carbons (Fsp3) is 0.222. The molecule has 0 atom stereocenters. The van der Waals surface area contributed by atoms with Gasteiger partial charge in [0.1, 0.15) is 11.6 Å². The average molecular weight is 309 g/mol. The van der Waals surface area contributed by atoms with Gasteiger partial charge in [-0.2, -0.15) is 0 Å². The first-order valence-electron chi connectivity index (χ1n) is 7.65. The van der Waals surface area contributed by atoms with E-state index in [1.165, 1.54) is 6.07 Å². The minimum atomic E-state index is -0.248. The molecule has 1 aliphatic rings. The standard InChI is InChI=1S/C18H16FN3O/c19-16-5-1-4-14-15(13-3-2-6-20-11-13)12-21-18(17(14)16)22-7-9-23-10-8-22/h1-6,11-12H,7-10H2. The van der Waals surface area contributed by atoms with Crippen LogP contribution in [0.2, 0.25) is 0 Å². The molecule has 0 amide bonds.